The summed E-state index contributed by atoms with van der Waals surface area (Å²) >= 11 is 3.18. The first-order valence-corrected chi connectivity index (χ1v) is 8.85. The number of nitrogens with zero attached hydrogens (tertiary/aromatic N) is 1. The van der Waals surface area contributed by atoms with Gasteiger partial charge in [-0.25, -0.2) is 4.98 Å². The van der Waals surface area contributed by atoms with E-state index < -0.39 is 0 Å². The van der Waals surface area contributed by atoms with Crippen molar-refractivity contribution in [1.29, 1.82) is 0 Å². The van der Waals surface area contributed by atoms with Crippen LogP contribution in [-0.4, -0.2) is 30.0 Å². The lowest BCUT2D eigenvalue weighted by atomic mass is 10.3. The molecule has 2 aromatic rings. The largest absolute Gasteiger partial charge is 0.466 e. The molecule has 118 valence electrons. The standard InChI is InChI=1S/C15H18N2O3S2/c1-2-20-14(19)6-3-7-16-13(18)9-11-10-22-15(17-11)12-5-4-8-21-12/h4-5,8,10H,2-3,6-7,9H2,1H3,(H,16,18). The maximum absolute atomic E-state index is 11.8. The minimum atomic E-state index is -0.225. The summed E-state index contributed by atoms with van der Waals surface area (Å²) in [7, 11) is 0. The number of esters is 1. The van der Waals surface area contributed by atoms with Gasteiger partial charge in [-0.3, -0.25) is 9.59 Å². The van der Waals surface area contributed by atoms with Gasteiger partial charge in [0.25, 0.3) is 0 Å². The molecule has 2 heterocycles. The number of hydrogen-bond donors (Lipinski definition) is 1. The van der Waals surface area contributed by atoms with Crippen molar-refractivity contribution in [2.24, 2.45) is 0 Å². The number of thiazole rings is 1. The second-order valence-electron chi connectivity index (χ2n) is 4.56. The van der Waals surface area contributed by atoms with Gasteiger partial charge in [0.1, 0.15) is 5.01 Å². The molecule has 0 aromatic carbocycles. The average molecular weight is 338 g/mol. The van der Waals surface area contributed by atoms with Crippen LogP contribution in [-0.2, 0) is 20.7 Å². The van der Waals surface area contributed by atoms with Gasteiger partial charge in [0.15, 0.2) is 0 Å². The lowest BCUT2D eigenvalue weighted by Gasteiger charge is -2.04. The maximum Gasteiger partial charge on any atom is 0.305 e. The molecule has 0 bridgehead atoms. The highest BCUT2D eigenvalue weighted by atomic mass is 32.1. The Balaban J connectivity index is 1.70. The third kappa shape index (κ3) is 5.23. The third-order valence-electron chi connectivity index (χ3n) is 2.81. The zero-order valence-corrected chi connectivity index (χ0v) is 14.0. The molecule has 0 aliphatic heterocycles. The molecule has 0 aliphatic rings. The second-order valence-corrected chi connectivity index (χ2v) is 6.36. The zero-order valence-electron chi connectivity index (χ0n) is 12.3. The van der Waals surface area contributed by atoms with Crippen LogP contribution < -0.4 is 5.32 Å². The number of aromatic nitrogens is 1. The highest BCUT2D eigenvalue weighted by Crippen LogP contribution is 2.27. The summed E-state index contributed by atoms with van der Waals surface area (Å²) in [6, 6.07) is 4.00. The number of carbonyl (C=O) groups is 2. The van der Waals surface area contributed by atoms with E-state index in [2.05, 4.69) is 10.3 Å². The molecule has 2 rings (SSSR count). The van der Waals surface area contributed by atoms with Crippen molar-refractivity contribution in [3.8, 4) is 9.88 Å². The molecular formula is C15H18N2O3S2. The quantitative estimate of drug-likeness (QED) is 0.593. The molecule has 0 unspecified atom stereocenters. The Morgan fingerprint density at radius 3 is 2.95 bits per heavy atom. The number of carbonyl (C=O) groups excluding carboxylic acids is 2. The summed E-state index contributed by atoms with van der Waals surface area (Å²) in [5, 5.41) is 7.65. The molecule has 0 spiro atoms. The summed E-state index contributed by atoms with van der Waals surface area (Å²) in [4.78, 5) is 28.6. The minimum absolute atomic E-state index is 0.0770. The number of hydrogen-bond acceptors (Lipinski definition) is 6. The predicted octanol–water partition coefficient (Wildman–Crippen LogP) is 2.87. The van der Waals surface area contributed by atoms with Crippen molar-refractivity contribution in [3.63, 3.8) is 0 Å². The smallest absolute Gasteiger partial charge is 0.305 e. The summed E-state index contributed by atoms with van der Waals surface area (Å²) in [6.07, 6.45) is 1.18. The monoisotopic (exact) mass is 338 g/mol. The lowest BCUT2D eigenvalue weighted by Crippen LogP contribution is -2.26. The van der Waals surface area contributed by atoms with E-state index in [0.29, 0.717) is 26.0 Å². The molecule has 2 aromatic heterocycles. The fourth-order valence-corrected chi connectivity index (χ4v) is 3.46. The van der Waals surface area contributed by atoms with E-state index in [1.54, 1.807) is 29.6 Å². The first kappa shape index (κ1) is 16.6. The van der Waals surface area contributed by atoms with Gasteiger partial charge in [0.2, 0.25) is 5.91 Å². The topological polar surface area (TPSA) is 68.3 Å². The maximum atomic E-state index is 11.8. The first-order chi connectivity index (χ1) is 10.7. The highest BCUT2D eigenvalue weighted by Gasteiger charge is 2.09. The molecular weight excluding hydrogens is 320 g/mol. The Bertz CT molecular complexity index is 608. The van der Waals surface area contributed by atoms with Crippen molar-refractivity contribution < 1.29 is 14.3 Å². The van der Waals surface area contributed by atoms with E-state index in [-0.39, 0.29) is 18.3 Å². The molecule has 5 nitrogen and oxygen atoms in total. The Morgan fingerprint density at radius 2 is 2.23 bits per heavy atom. The van der Waals surface area contributed by atoms with Crippen molar-refractivity contribution in [2.45, 2.75) is 26.2 Å². The molecule has 0 radical (unpaired) electrons. The number of ether oxygens (including phenoxy) is 1. The average Bonchev–Trinajstić information content (AvgIpc) is 3.14. The molecule has 1 amide bonds. The van der Waals surface area contributed by atoms with Crippen molar-refractivity contribution in [1.82, 2.24) is 10.3 Å². The molecule has 0 aliphatic carbocycles. The van der Waals surface area contributed by atoms with Crippen molar-refractivity contribution >= 4 is 34.6 Å². The van der Waals surface area contributed by atoms with E-state index in [1.165, 1.54) is 0 Å². The van der Waals surface area contributed by atoms with Crippen LogP contribution in [0.15, 0.2) is 22.9 Å². The lowest BCUT2D eigenvalue weighted by molar-refractivity contribution is -0.143. The van der Waals surface area contributed by atoms with Gasteiger partial charge >= 0.3 is 5.97 Å². The molecule has 1 N–H and O–H groups in total. The van der Waals surface area contributed by atoms with Gasteiger partial charge in [-0.1, -0.05) is 6.07 Å². The first-order valence-electron chi connectivity index (χ1n) is 7.09. The number of amides is 1. The summed E-state index contributed by atoms with van der Waals surface area (Å²) in [6.45, 7) is 2.64. The van der Waals surface area contributed by atoms with E-state index in [1.807, 2.05) is 22.9 Å². The molecule has 0 fully saturated rings. The van der Waals surface area contributed by atoms with Crippen LogP contribution in [0.5, 0.6) is 0 Å². The van der Waals surface area contributed by atoms with Crippen LogP contribution in [0, 0.1) is 0 Å². The normalized spacial score (nSPS) is 10.4. The Morgan fingerprint density at radius 1 is 1.36 bits per heavy atom. The SMILES string of the molecule is CCOC(=O)CCCNC(=O)Cc1csc(-c2cccs2)n1. The van der Waals surface area contributed by atoms with Crippen molar-refractivity contribution in [3.05, 3.63) is 28.6 Å². The minimum Gasteiger partial charge on any atom is -0.466 e. The fourth-order valence-electron chi connectivity index (χ4n) is 1.82. The van der Waals surface area contributed by atoms with E-state index >= 15 is 0 Å². The van der Waals surface area contributed by atoms with Crippen LogP contribution in [0.25, 0.3) is 9.88 Å². The van der Waals surface area contributed by atoms with Crippen LogP contribution >= 0.6 is 22.7 Å². The van der Waals surface area contributed by atoms with Gasteiger partial charge in [0, 0.05) is 18.3 Å². The number of rotatable bonds is 8. The Labute approximate surface area is 137 Å². The van der Waals surface area contributed by atoms with E-state index in [9.17, 15) is 9.59 Å². The molecule has 22 heavy (non-hydrogen) atoms. The van der Waals surface area contributed by atoms with Gasteiger partial charge in [0.05, 0.1) is 23.6 Å². The zero-order chi connectivity index (χ0) is 15.8. The molecule has 0 saturated carbocycles. The van der Waals surface area contributed by atoms with E-state index in [0.717, 1.165) is 15.6 Å². The van der Waals surface area contributed by atoms with Gasteiger partial charge in [-0.05, 0) is 24.8 Å². The van der Waals surface area contributed by atoms with Crippen LogP contribution in [0.3, 0.4) is 0 Å². The van der Waals surface area contributed by atoms with Crippen LogP contribution in [0.4, 0.5) is 0 Å². The molecule has 7 heteroatoms. The Kier molecular flexibility index (Phi) is 6.54. The highest BCUT2D eigenvalue weighted by molar-refractivity contribution is 7.20. The van der Waals surface area contributed by atoms with Crippen LogP contribution in [0.2, 0.25) is 0 Å². The number of nitrogens with one attached hydrogen (secondary N) is 1. The molecule has 0 atom stereocenters. The third-order valence-corrected chi connectivity index (χ3v) is 4.74. The van der Waals surface area contributed by atoms with Gasteiger partial charge in [-0.15, -0.1) is 22.7 Å². The van der Waals surface area contributed by atoms with E-state index in [4.69, 9.17) is 4.74 Å². The summed E-state index contributed by atoms with van der Waals surface area (Å²) in [5.41, 5.74) is 0.774. The van der Waals surface area contributed by atoms with Gasteiger partial charge in [-0.2, -0.15) is 0 Å². The summed E-state index contributed by atoms with van der Waals surface area (Å²) in [5.74, 6) is -0.302. The summed E-state index contributed by atoms with van der Waals surface area (Å²) < 4.78 is 4.82. The predicted molar refractivity (Wildman–Crippen MR) is 88.0 cm³/mol. The number of thiophene rings is 1. The Hall–Kier alpha value is -1.73. The van der Waals surface area contributed by atoms with Crippen molar-refractivity contribution in [2.75, 3.05) is 13.2 Å². The fraction of sp³-hybridized carbons (Fsp3) is 0.400. The second kappa shape index (κ2) is 8.65. The van der Waals surface area contributed by atoms with Gasteiger partial charge < -0.3 is 10.1 Å². The van der Waals surface area contributed by atoms with Crippen LogP contribution in [0.1, 0.15) is 25.5 Å². The molecule has 0 saturated heterocycles.